The van der Waals surface area contributed by atoms with Gasteiger partial charge in [0, 0.05) is 24.7 Å². The Bertz CT molecular complexity index is 511. The first kappa shape index (κ1) is 15.1. The molecule has 1 aromatic carbocycles. The van der Waals surface area contributed by atoms with Crippen molar-refractivity contribution in [3.63, 3.8) is 0 Å². The molecule has 0 saturated heterocycles. The summed E-state index contributed by atoms with van der Waals surface area (Å²) in [6, 6.07) is 4.26. The van der Waals surface area contributed by atoms with Crippen LogP contribution in [-0.2, 0) is 0 Å². The Morgan fingerprint density at radius 3 is 2.47 bits per heavy atom. The number of rotatable bonds is 4. The SMILES string of the molecule is Cc1cc(C(=O)N(C)C(C)(C)CO)cc([N+](=O)[O-])c1. The fraction of sp³-hybridized carbons (Fsp3) is 0.462. The van der Waals surface area contributed by atoms with E-state index in [9.17, 15) is 20.0 Å². The number of non-ortho nitro benzene ring substituents is 1. The quantitative estimate of drug-likeness (QED) is 0.664. The summed E-state index contributed by atoms with van der Waals surface area (Å²) in [7, 11) is 1.56. The molecule has 1 rings (SSSR count). The van der Waals surface area contributed by atoms with E-state index in [0.29, 0.717) is 5.56 Å². The van der Waals surface area contributed by atoms with Gasteiger partial charge in [0.25, 0.3) is 11.6 Å². The van der Waals surface area contributed by atoms with E-state index in [-0.39, 0.29) is 23.8 Å². The number of benzene rings is 1. The van der Waals surface area contributed by atoms with Crippen LogP contribution in [0.5, 0.6) is 0 Å². The van der Waals surface area contributed by atoms with Crippen molar-refractivity contribution in [3.8, 4) is 0 Å². The van der Waals surface area contributed by atoms with E-state index in [1.807, 2.05) is 0 Å². The van der Waals surface area contributed by atoms with E-state index in [1.54, 1.807) is 33.9 Å². The molecule has 1 aromatic rings. The average Bonchev–Trinajstić information content (AvgIpc) is 2.36. The van der Waals surface area contributed by atoms with Crippen LogP contribution in [-0.4, -0.2) is 40.0 Å². The number of aryl methyl sites for hydroxylation is 1. The van der Waals surface area contributed by atoms with E-state index < -0.39 is 10.5 Å². The number of amides is 1. The molecule has 0 spiro atoms. The minimum Gasteiger partial charge on any atom is -0.394 e. The van der Waals surface area contributed by atoms with Crippen molar-refractivity contribution in [2.24, 2.45) is 0 Å². The molecule has 1 N–H and O–H groups in total. The van der Waals surface area contributed by atoms with Crippen molar-refractivity contribution in [2.75, 3.05) is 13.7 Å². The van der Waals surface area contributed by atoms with E-state index in [2.05, 4.69) is 0 Å². The number of hydrogen-bond acceptors (Lipinski definition) is 4. The minimum atomic E-state index is -0.727. The predicted molar refractivity (Wildman–Crippen MR) is 71.1 cm³/mol. The molecule has 6 heteroatoms. The second kappa shape index (κ2) is 5.36. The van der Waals surface area contributed by atoms with Crippen LogP contribution >= 0.6 is 0 Å². The maximum atomic E-state index is 12.3. The van der Waals surface area contributed by atoms with Crippen molar-refractivity contribution in [1.29, 1.82) is 0 Å². The van der Waals surface area contributed by atoms with Crippen LogP contribution < -0.4 is 0 Å². The summed E-state index contributed by atoms with van der Waals surface area (Å²) in [6.07, 6.45) is 0. The molecule has 0 radical (unpaired) electrons. The summed E-state index contributed by atoms with van der Waals surface area (Å²) in [5.41, 5.74) is 0.0531. The third-order valence-electron chi connectivity index (χ3n) is 3.12. The van der Waals surface area contributed by atoms with Crippen LogP contribution in [0.15, 0.2) is 18.2 Å². The molecule has 104 valence electrons. The Balaban J connectivity index is 3.16. The van der Waals surface area contributed by atoms with Crippen molar-refractivity contribution in [2.45, 2.75) is 26.3 Å². The minimum absolute atomic E-state index is 0.112. The van der Waals surface area contributed by atoms with E-state index in [0.717, 1.165) is 0 Å². The molecule has 0 heterocycles. The van der Waals surface area contributed by atoms with Gasteiger partial charge in [-0.1, -0.05) is 0 Å². The Morgan fingerprint density at radius 2 is 2.00 bits per heavy atom. The summed E-state index contributed by atoms with van der Waals surface area (Å²) >= 11 is 0. The van der Waals surface area contributed by atoms with Gasteiger partial charge < -0.3 is 10.0 Å². The largest absolute Gasteiger partial charge is 0.394 e. The Morgan fingerprint density at radius 1 is 1.42 bits per heavy atom. The van der Waals surface area contributed by atoms with Gasteiger partial charge in [-0.25, -0.2) is 0 Å². The zero-order chi connectivity index (χ0) is 14.8. The van der Waals surface area contributed by atoms with Gasteiger partial charge in [-0.2, -0.15) is 0 Å². The number of aliphatic hydroxyl groups is 1. The molecule has 0 aliphatic carbocycles. The first-order valence-corrected chi connectivity index (χ1v) is 5.84. The van der Waals surface area contributed by atoms with Gasteiger partial charge in [-0.15, -0.1) is 0 Å². The Kier molecular flexibility index (Phi) is 4.26. The first-order chi connectivity index (χ1) is 8.69. The monoisotopic (exact) mass is 266 g/mol. The third-order valence-corrected chi connectivity index (χ3v) is 3.12. The topological polar surface area (TPSA) is 83.7 Å². The lowest BCUT2D eigenvalue weighted by atomic mass is 10.0. The molecule has 0 bridgehead atoms. The maximum absolute atomic E-state index is 12.3. The average molecular weight is 266 g/mol. The highest BCUT2D eigenvalue weighted by Crippen LogP contribution is 2.20. The Hall–Kier alpha value is -1.95. The molecule has 6 nitrogen and oxygen atoms in total. The molecular formula is C13H18N2O4. The fourth-order valence-electron chi connectivity index (χ4n) is 1.57. The van der Waals surface area contributed by atoms with Crippen LogP contribution in [0.25, 0.3) is 0 Å². The van der Waals surface area contributed by atoms with Gasteiger partial charge in [0.1, 0.15) is 0 Å². The highest BCUT2D eigenvalue weighted by molar-refractivity contribution is 5.95. The lowest BCUT2D eigenvalue weighted by molar-refractivity contribution is -0.384. The smallest absolute Gasteiger partial charge is 0.270 e. The summed E-state index contributed by atoms with van der Waals surface area (Å²) in [5.74, 6) is -0.356. The number of hydrogen-bond donors (Lipinski definition) is 1. The van der Waals surface area contributed by atoms with Crippen molar-refractivity contribution in [3.05, 3.63) is 39.4 Å². The van der Waals surface area contributed by atoms with E-state index >= 15 is 0 Å². The zero-order valence-corrected chi connectivity index (χ0v) is 11.5. The zero-order valence-electron chi connectivity index (χ0n) is 11.5. The van der Waals surface area contributed by atoms with Crippen molar-refractivity contribution >= 4 is 11.6 Å². The van der Waals surface area contributed by atoms with Gasteiger partial charge in [0.15, 0.2) is 0 Å². The van der Waals surface area contributed by atoms with E-state index in [4.69, 9.17) is 0 Å². The first-order valence-electron chi connectivity index (χ1n) is 5.84. The fourth-order valence-corrected chi connectivity index (χ4v) is 1.57. The lowest BCUT2D eigenvalue weighted by Crippen LogP contribution is -2.47. The predicted octanol–water partition coefficient (Wildman–Crippen LogP) is 1.75. The van der Waals surface area contributed by atoms with Gasteiger partial charge in [0.2, 0.25) is 0 Å². The molecule has 0 aliphatic rings. The molecule has 0 unspecified atom stereocenters. The van der Waals surface area contributed by atoms with Crippen LogP contribution in [0, 0.1) is 17.0 Å². The number of nitro groups is 1. The van der Waals surface area contributed by atoms with E-state index in [1.165, 1.54) is 17.0 Å². The van der Waals surface area contributed by atoms with Crippen LogP contribution in [0.3, 0.4) is 0 Å². The number of likely N-dealkylation sites (N-methyl/N-ethyl adjacent to an activating group) is 1. The molecule has 19 heavy (non-hydrogen) atoms. The maximum Gasteiger partial charge on any atom is 0.270 e. The summed E-state index contributed by atoms with van der Waals surface area (Å²) in [4.78, 5) is 23.9. The summed E-state index contributed by atoms with van der Waals surface area (Å²) in [6.45, 7) is 4.94. The standard InChI is InChI=1S/C13H18N2O4/c1-9-5-10(7-11(6-9)15(18)19)12(17)14(4)13(2,3)8-16/h5-7,16H,8H2,1-4H3. The van der Waals surface area contributed by atoms with Gasteiger partial charge in [0.05, 0.1) is 17.1 Å². The van der Waals surface area contributed by atoms with Gasteiger partial charge in [-0.3, -0.25) is 14.9 Å². The second-order valence-corrected chi connectivity index (χ2v) is 5.15. The number of carbonyl (C=O) groups excluding carboxylic acids is 1. The number of nitro benzene ring substituents is 1. The molecule has 1 amide bonds. The highest BCUT2D eigenvalue weighted by atomic mass is 16.6. The number of carbonyl (C=O) groups is 1. The normalized spacial score (nSPS) is 11.2. The number of nitrogens with zero attached hydrogens (tertiary/aromatic N) is 2. The summed E-state index contributed by atoms with van der Waals surface area (Å²) < 4.78 is 0. The number of aliphatic hydroxyl groups excluding tert-OH is 1. The van der Waals surface area contributed by atoms with Crippen molar-refractivity contribution in [1.82, 2.24) is 4.90 Å². The van der Waals surface area contributed by atoms with Crippen molar-refractivity contribution < 1.29 is 14.8 Å². The van der Waals surface area contributed by atoms with Crippen LogP contribution in [0.4, 0.5) is 5.69 Å². The highest BCUT2D eigenvalue weighted by Gasteiger charge is 2.28. The molecule has 0 fully saturated rings. The molecule has 0 aromatic heterocycles. The molecular weight excluding hydrogens is 248 g/mol. The summed E-state index contributed by atoms with van der Waals surface area (Å²) in [5, 5.41) is 20.0. The second-order valence-electron chi connectivity index (χ2n) is 5.15. The molecule has 0 atom stereocenters. The van der Waals surface area contributed by atoms with Gasteiger partial charge >= 0.3 is 0 Å². The van der Waals surface area contributed by atoms with Crippen LogP contribution in [0.2, 0.25) is 0 Å². The lowest BCUT2D eigenvalue weighted by Gasteiger charge is -2.34. The van der Waals surface area contributed by atoms with Gasteiger partial charge in [-0.05, 0) is 32.4 Å². The third kappa shape index (κ3) is 3.29. The van der Waals surface area contributed by atoms with Crippen LogP contribution in [0.1, 0.15) is 29.8 Å². The molecule has 0 aliphatic heterocycles. The molecule has 0 saturated carbocycles. The Labute approximate surface area is 111 Å².